The minimum absolute atomic E-state index is 0.291. The van der Waals surface area contributed by atoms with Gasteiger partial charge in [0, 0.05) is 29.9 Å². The number of nitrogens with zero attached hydrogens (tertiary/aromatic N) is 1. The Morgan fingerprint density at radius 1 is 1.42 bits per heavy atom. The third-order valence-electron chi connectivity index (χ3n) is 4.57. The molecule has 0 bridgehead atoms. The van der Waals surface area contributed by atoms with Gasteiger partial charge in [-0.3, -0.25) is 0 Å². The Morgan fingerprint density at radius 2 is 2.16 bits per heavy atom. The van der Waals surface area contributed by atoms with Crippen LogP contribution < -0.4 is 4.90 Å². The number of rotatable bonds is 3. The Balaban J connectivity index is 2.16. The molecular formula is C16H24BrNO. The van der Waals surface area contributed by atoms with E-state index < -0.39 is 0 Å². The average Bonchev–Trinajstić information content (AvgIpc) is 2.35. The third-order valence-corrected chi connectivity index (χ3v) is 5.42. The van der Waals surface area contributed by atoms with Gasteiger partial charge in [-0.15, -0.1) is 0 Å². The van der Waals surface area contributed by atoms with Crippen molar-refractivity contribution in [1.82, 2.24) is 0 Å². The number of anilines is 1. The molecule has 0 radical (unpaired) electrons. The van der Waals surface area contributed by atoms with Crippen LogP contribution in [0.2, 0.25) is 0 Å². The molecule has 1 heterocycles. The van der Waals surface area contributed by atoms with Gasteiger partial charge < -0.3 is 10.0 Å². The van der Waals surface area contributed by atoms with Crippen molar-refractivity contribution in [2.24, 2.45) is 11.3 Å². The molecule has 0 saturated carbocycles. The molecule has 0 aliphatic carbocycles. The van der Waals surface area contributed by atoms with Crippen molar-refractivity contribution < 1.29 is 5.11 Å². The molecule has 1 N–H and O–H groups in total. The van der Waals surface area contributed by atoms with Gasteiger partial charge in [-0.05, 0) is 48.8 Å². The molecule has 1 unspecified atom stereocenters. The van der Waals surface area contributed by atoms with Gasteiger partial charge in [0.05, 0.1) is 0 Å². The zero-order valence-electron chi connectivity index (χ0n) is 12.1. The Kier molecular flexibility index (Phi) is 4.57. The molecule has 1 aromatic carbocycles. The Morgan fingerprint density at radius 3 is 2.79 bits per heavy atom. The largest absolute Gasteiger partial charge is 0.396 e. The van der Waals surface area contributed by atoms with Crippen LogP contribution in [-0.4, -0.2) is 24.8 Å². The third kappa shape index (κ3) is 3.32. The molecule has 2 nitrogen and oxygen atoms in total. The summed E-state index contributed by atoms with van der Waals surface area (Å²) in [4.78, 5) is 2.45. The van der Waals surface area contributed by atoms with Crippen LogP contribution in [0.3, 0.4) is 0 Å². The fourth-order valence-electron chi connectivity index (χ4n) is 2.88. The van der Waals surface area contributed by atoms with Crippen molar-refractivity contribution in [1.29, 1.82) is 0 Å². The van der Waals surface area contributed by atoms with E-state index in [1.54, 1.807) is 0 Å². The highest BCUT2D eigenvalue weighted by atomic mass is 79.9. The number of aliphatic hydroxyl groups excluding tert-OH is 1. The minimum atomic E-state index is 0.291. The lowest BCUT2D eigenvalue weighted by molar-refractivity contribution is 0.132. The van der Waals surface area contributed by atoms with Gasteiger partial charge in [0.25, 0.3) is 0 Å². The van der Waals surface area contributed by atoms with Crippen LogP contribution in [0.4, 0.5) is 5.69 Å². The lowest BCUT2D eigenvalue weighted by Gasteiger charge is -2.45. The van der Waals surface area contributed by atoms with Crippen molar-refractivity contribution in [3.8, 4) is 0 Å². The zero-order valence-corrected chi connectivity index (χ0v) is 13.7. The van der Waals surface area contributed by atoms with E-state index in [0.717, 1.165) is 19.5 Å². The average molecular weight is 326 g/mol. The molecule has 2 rings (SSSR count). The van der Waals surface area contributed by atoms with Gasteiger partial charge in [-0.25, -0.2) is 0 Å². The van der Waals surface area contributed by atoms with Crippen LogP contribution in [0.15, 0.2) is 22.7 Å². The van der Waals surface area contributed by atoms with E-state index in [9.17, 15) is 5.11 Å². The first-order chi connectivity index (χ1) is 8.94. The Bertz CT molecular complexity index is 444. The molecule has 19 heavy (non-hydrogen) atoms. The number of halogens is 1. The van der Waals surface area contributed by atoms with Crippen LogP contribution >= 0.6 is 15.9 Å². The van der Waals surface area contributed by atoms with Crippen molar-refractivity contribution in [3.63, 3.8) is 0 Å². The number of aliphatic hydroxyl groups is 1. The number of aryl methyl sites for hydroxylation is 1. The molecule has 1 aromatic rings. The fourth-order valence-corrected chi connectivity index (χ4v) is 3.25. The summed E-state index contributed by atoms with van der Waals surface area (Å²) in [5, 5.41) is 9.26. The van der Waals surface area contributed by atoms with E-state index in [1.165, 1.54) is 22.1 Å². The summed E-state index contributed by atoms with van der Waals surface area (Å²) < 4.78 is 1.17. The first kappa shape index (κ1) is 14.9. The second-order valence-electron chi connectivity index (χ2n) is 6.33. The first-order valence-corrected chi connectivity index (χ1v) is 7.85. The molecule has 106 valence electrons. The topological polar surface area (TPSA) is 23.5 Å². The number of piperidine rings is 1. The van der Waals surface area contributed by atoms with Gasteiger partial charge in [0.1, 0.15) is 0 Å². The maximum atomic E-state index is 9.26. The number of benzene rings is 1. The van der Waals surface area contributed by atoms with E-state index in [4.69, 9.17) is 0 Å². The van der Waals surface area contributed by atoms with Gasteiger partial charge in [-0.1, -0.05) is 35.8 Å². The van der Waals surface area contributed by atoms with Crippen molar-refractivity contribution in [2.45, 2.75) is 33.6 Å². The van der Waals surface area contributed by atoms with Crippen LogP contribution in [0.5, 0.6) is 0 Å². The molecule has 3 heteroatoms. The van der Waals surface area contributed by atoms with E-state index in [1.807, 2.05) is 0 Å². The molecule has 1 atom stereocenters. The minimum Gasteiger partial charge on any atom is -0.396 e. The summed E-state index contributed by atoms with van der Waals surface area (Å²) in [5.41, 5.74) is 2.89. The van der Waals surface area contributed by atoms with E-state index >= 15 is 0 Å². The molecule has 0 amide bonds. The van der Waals surface area contributed by atoms with Crippen LogP contribution in [0.25, 0.3) is 0 Å². The maximum absolute atomic E-state index is 9.26. The van der Waals surface area contributed by atoms with Crippen LogP contribution in [0, 0.1) is 18.3 Å². The van der Waals surface area contributed by atoms with Crippen LogP contribution in [-0.2, 0) is 0 Å². The van der Waals surface area contributed by atoms with E-state index in [0.29, 0.717) is 17.9 Å². The van der Waals surface area contributed by atoms with Crippen molar-refractivity contribution in [2.75, 3.05) is 24.6 Å². The molecule has 1 saturated heterocycles. The van der Waals surface area contributed by atoms with Gasteiger partial charge in [0.2, 0.25) is 0 Å². The lowest BCUT2D eigenvalue weighted by Crippen LogP contribution is -2.45. The highest BCUT2D eigenvalue weighted by Gasteiger charge is 2.35. The molecular weight excluding hydrogens is 302 g/mol. The quantitative estimate of drug-likeness (QED) is 0.908. The second kappa shape index (κ2) is 5.84. The predicted molar refractivity (Wildman–Crippen MR) is 84.7 cm³/mol. The maximum Gasteiger partial charge on any atom is 0.0434 e. The van der Waals surface area contributed by atoms with E-state index in [2.05, 4.69) is 59.8 Å². The van der Waals surface area contributed by atoms with E-state index in [-0.39, 0.29) is 0 Å². The highest BCUT2D eigenvalue weighted by Crippen LogP contribution is 2.39. The van der Waals surface area contributed by atoms with Gasteiger partial charge in [-0.2, -0.15) is 0 Å². The molecule has 0 aromatic heterocycles. The highest BCUT2D eigenvalue weighted by molar-refractivity contribution is 9.10. The Labute approximate surface area is 124 Å². The molecule has 1 aliphatic heterocycles. The lowest BCUT2D eigenvalue weighted by atomic mass is 9.72. The smallest absolute Gasteiger partial charge is 0.0434 e. The fraction of sp³-hybridized carbons (Fsp3) is 0.625. The monoisotopic (exact) mass is 325 g/mol. The predicted octanol–water partition coefficient (Wildman–Crippen LogP) is 3.99. The number of hydrogen-bond acceptors (Lipinski definition) is 2. The van der Waals surface area contributed by atoms with Crippen molar-refractivity contribution in [3.05, 3.63) is 28.2 Å². The molecule has 0 spiro atoms. The summed E-state index contributed by atoms with van der Waals surface area (Å²) in [5.74, 6) is 0.561. The summed E-state index contributed by atoms with van der Waals surface area (Å²) in [6, 6.07) is 6.58. The molecule has 1 aliphatic rings. The first-order valence-electron chi connectivity index (χ1n) is 7.06. The van der Waals surface area contributed by atoms with Gasteiger partial charge >= 0.3 is 0 Å². The van der Waals surface area contributed by atoms with Crippen LogP contribution in [0.1, 0.15) is 32.3 Å². The second-order valence-corrected chi connectivity index (χ2v) is 7.18. The summed E-state index contributed by atoms with van der Waals surface area (Å²) in [6.45, 7) is 9.21. The number of hydrogen-bond donors (Lipinski definition) is 1. The Hall–Kier alpha value is -0.540. The summed E-state index contributed by atoms with van der Waals surface area (Å²) >= 11 is 3.61. The normalized spacial score (nSPS) is 22.6. The van der Waals surface area contributed by atoms with Crippen molar-refractivity contribution >= 4 is 21.6 Å². The zero-order chi connectivity index (χ0) is 14.0. The summed E-state index contributed by atoms with van der Waals surface area (Å²) in [7, 11) is 0. The molecule has 1 fully saturated rings. The van der Waals surface area contributed by atoms with Gasteiger partial charge in [0.15, 0.2) is 0 Å². The SMILES string of the molecule is Cc1ccc(N2CCC(C)(C)C(CCO)C2)cc1Br. The standard InChI is InChI=1S/C16H24BrNO/c1-12-4-5-14(10-15(12)17)18-8-7-16(2,3)13(11-18)6-9-19/h4-5,10,13,19H,6-9,11H2,1-3H3. The summed E-state index contributed by atoms with van der Waals surface area (Å²) in [6.07, 6.45) is 2.08.